The van der Waals surface area contributed by atoms with Crippen LogP contribution in [0.3, 0.4) is 0 Å². The van der Waals surface area contributed by atoms with Crippen LogP contribution in [0.25, 0.3) is 0 Å². The third kappa shape index (κ3) is 3.35. The van der Waals surface area contributed by atoms with E-state index < -0.39 is 5.60 Å². The molecule has 0 atom stereocenters. The van der Waals surface area contributed by atoms with Gasteiger partial charge in [-0.2, -0.15) is 0 Å². The van der Waals surface area contributed by atoms with Crippen LogP contribution >= 0.6 is 0 Å². The van der Waals surface area contributed by atoms with E-state index in [0.29, 0.717) is 19.3 Å². The number of hydrogen-bond donors (Lipinski definition) is 0. The van der Waals surface area contributed by atoms with Crippen molar-refractivity contribution >= 4 is 5.78 Å². The van der Waals surface area contributed by atoms with Crippen LogP contribution in [0.1, 0.15) is 37.8 Å². The molecule has 0 aliphatic heterocycles. The lowest BCUT2D eigenvalue weighted by atomic mass is 9.87. The number of benzene rings is 1. The molecule has 0 radical (unpaired) electrons. The molecule has 0 heterocycles. The standard InChI is InChI=1S/C16H24O3/c1-6-16(7-2,19-5)15(17)11-13-10-12(3)8-9-14(13)18-4/h8-10H,6-7,11H2,1-5H3. The van der Waals surface area contributed by atoms with Crippen LogP contribution in [0, 0.1) is 6.92 Å². The summed E-state index contributed by atoms with van der Waals surface area (Å²) >= 11 is 0. The Hall–Kier alpha value is -1.35. The van der Waals surface area contributed by atoms with Crippen molar-refractivity contribution in [1.29, 1.82) is 0 Å². The van der Waals surface area contributed by atoms with E-state index in [1.165, 1.54) is 0 Å². The van der Waals surface area contributed by atoms with Crippen LogP contribution in [0.5, 0.6) is 5.75 Å². The number of ether oxygens (including phenoxy) is 2. The molecule has 0 spiro atoms. The molecule has 0 fully saturated rings. The summed E-state index contributed by atoms with van der Waals surface area (Å²) in [5, 5.41) is 0. The molecular formula is C16H24O3. The molecule has 3 nitrogen and oxygen atoms in total. The van der Waals surface area contributed by atoms with E-state index in [9.17, 15) is 4.79 Å². The van der Waals surface area contributed by atoms with E-state index in [4.69, 9.17) is 9.47 Å². The summed E-state index contributed by atoms with van der Waals surface area (Å²) in [6.07, 6.45) is 1.72. The summed E-state index contributed by atoms with van der Waals surface area (Å²) in [5.74, 6) is 0.875. The minimum atomic E-state index is -0.672. The molecular weight excluding hydrogens is 240 g/mol. The van der Waals surface area contributed by atoms with Gasteiger partial charge in [0.25, 0.3) is 0 Å². The molecule has 1 aromatic rings. The maximum Gasteiger partial charge on any atom is 0.169 e. The molecule has 0 aliphatic carbocycles. The van der Waals surface area contributed by atoms with Crippen molar-refractivity contribution in [3.63, 3.8) is 0 Å². The Balaban J connectivity index is 3.01. The van der Waals surface area contributed by atoms with Crippen LogP contribution < -0.4 is 4.74 Å². The van der Waals surface area contributed by atoms with Gasteiger partial charge < -0.3 is 9.47 Å². The third-order valence-electron chi connectivity index (χ3n) is 3.83. The molecule has 0 saturated carbocycles. The number of carbonyl (C=O) groups excluding carboxylic acids is 1. The normalized spacial score (nSPS) is 11.4. The van der Waals surface area contributed by atoms with Gasteiger partial charge in [-0.15, -0.1) is 0 Å². The molecule has 1 rings (SSSR count). The van der Waals surface area contributed by atoms with E-state index in [0.717, 1.165) is 16.9 Å². The first-order valence-electron chi connectivity index (χ1n) is 6.75. The highest BCUT2D eigenvalue weighted by atomic mass is 16.5. The molecule has 106 valence electrons. The second kappa shape index (κ2) is 6.71. The first-order valence-corrected chi connectivity index (χ1v) is 6.75. The topological polar surface area (TPSA) is 35.5 Å². The van der Waals surface area contributed by atoms with Crippen LogP contribution in [0.4, 0.5) is 0 Å². The van der Waals surface area contributed by atoms with Crippen molar-refractivity contribution in [3.05, 3.63) is 29.3 Å². The predicted octanol–water partition coefficient (Wildman–Crippen LogP) is 3.32. The predicted molar refractivity (Wildman–Crippen MR) is 76.8 cm³/mol. The number of Topliss-reactive ketones (excluding diaryl/α,β-unsaturated/α-hetero) is 1. The summed E-state index contributed by atoms with van der Waals surface area (Å²) < 4.78 is 10.8. The van der Waals surface area contributed by atoms with Gasteiger partial charge in [0, 0.05) is 19.1 Å². The molecule has 0 N–H and O–H groups in total. The van der Waals surface area contributed by atoms with Crippen LogP contribution in [0.2, 0.25) is 0 Å². The van der Waals surface area contributed by atoms with Crippen LogP contribution in [-0.2, 0) is 16.0 Å². The Labute approximate surface area is 115 Å². The average molecular weight is 264 g/mol. The summed E-state index contributed by atoms with van der Waals surface area (Å²) in [5.41, 5.74) is 1.38. The van der Waals surface area contributed by atoms with Gasteiger partial charge in [0.05, 0.1) is 7.11 Å². The van der Waals surface area contributed by atoms with Crippen molar-refractivity contribution < 1.29 is 14.3 Å². The number of hydrogen-bond acceptors (Lipinski definition) is 3. The molecule has 0 amide bonds. The Morgan fingerprint density at radius 2 is 1.84 bits per heavy atom. The van der Waals surface area contributed by atoms with Crippen LogP contribution in [0.15, 0.2) is 18.2 Å². The second-order valence-electron chi connectivity index (χ2n) is 4.82. The maximum absolute atomic E-state index is 12.5. The Morgan fingerprint density at radius 3 is 2.32 bits per heavy atom. The summed E-state index contributed by atoms with van der Waals surface area (Å²) in [7, 11) is 3.24. The van der Waals surface area contributed by atoms with E-state index in [-0.39, 0.29) is 5.78 Å². The molecule has 0 unspecified atom stereocenters. The zero-order chi connectivity index (χ0) is 14.5. The number of carbonyl (C=O) groups is 1. The first-order chi connectivity index (χ1) is 9.02. The highest BCUT2D eigenvalue weighted by molar-refractivity contribution is 5.89. The van der Waals surface area contributed by atoms with Crippen molar-refractivity contribution in [1.82, 2.24) is 0 Å². The van der Waals surface area contributed by atoms with Gasteiger partial charge in [-0.1, -0.05) is 31.5 Å². The molecule has 0 aromatic heterocycles. The van der Waals surface area contributed by atoms with Gasteiger partial charge in [-0.05, 0) is 25.8 Å². The zero-order valence-corrected chi connectivity index (χ0v) is 12.6. The molecule has 19 heavy (non-hydrogen) atoms. The monoisotopic (exact) mass is 264 g/mol. The van der Waals surface area contributed by atoms with Gasteiger partial charge >= 0.3 is 0 Å². The quantitative estimate of drug-likeness (QED) is 0.758. The number of ketones is 1. The van der Waals surface area contributed by atoms with Gasteiger partial charge in [-0.3, -0.25) is 4.79 Å². The minimum absolute atomic E-state index is 0.115. The Kier molecular flexibility index (Phi) is 5.55. The van der Waals surface area contributed by atoms with Crippen molar-refractivity contribution in [2.45, 2.75) is 45.6 Å². The zero-order valence-electron chi connectivity index (χ0n) is 12.6. The molecule has 1 aromatic carbocycles. The van der Waals surface area contributed by atoms with Gasteiger partial charge in [-0.25, -0.2) is 0 Å². The highest BCUT2D eigenvalue weighted by Gasteiger charge is 2.34. The fourth-order valence-corrected chi connectivity index (χ4v) is 2.43. The maximum atomic E-state index is 12.5. The molecule has 0 aliphatic rings. The Bertz CT molecular complexity index is 425. The number of rotatable bonds is 7. The SMILES string of the molecule is CCC(CC)(OC)C(=O)Cc1cc(C)ccc1OC. The number of methoxy groups -OCH3 is 2. The van der Waals surface area contributed by atoms with E-state index in [1.807, 2.05) is 39.0 Å². The van der Waals surface area contributed by atoms with Crippen molar-refractivity contribution in [2.75, 3.05) is 14.2 Å². The van der Waals surface area contributed by atoms with E-state index >= 15 is 0 Å². The van der Waals surface area contributed by atoms with Crippen LogP contribution in [-0.4, -0.2) is 25.6 Å². The molecule has 0 saturated heterocycles. The average Bonchev–Trinajstić information content (AvgIpc) is 2.41. The highest BCUT2D eigenvalue weighted by Crippen LogP contribution is 2.26. The van der Waals surface area contributed by atoms with Crippen molar-refractivity contribution in [3.8, 4) is 5.75 Å². The lowest BCUT2D eigenvalue weighted by Gasteiger charge is -2.28. The van der Waals surface area contributed by atoms with E-state index in [2.05, 4.69) is 0 Å². The van der Waals surface area contributed by atoms with E-state index in [1.54, 1.807) is 14.2 Å². The van der Waals surface area contributed by atoms with Crippen molar-refractivity contribution in [2.24, 2.45) is 0 Å². The summed E-state index contributed by atoms with van der Waals surface area (Å²) in [4.78, 5) is 12.5. The fraction of sp³-hybridized carbons (Fsp3) is 0.562. The largest absolute Gasteiger partial charge is 0.496 e. The van der Waals surface area contributed by atoms with Gasteiger partial charge in [0.1, 0.15) is 11.4 Å². The second-order valence-corrected chi connectivity index (χ2v) is 4.82. The molecule has 3 heteroatoms. The third-order valence-corrected chi connectivity index (χ3v) is 3.83. The smallest absolute Gasteiger partial charge is 0.169 e. The lowest BCUT2D eigenvalue weighted by molar-refractivity contribution is -0.141. The summed E-state index contributed by atoms with van der Waals surface area (Å²) in [6, 6.07) is 5.89. The number of aryl methyl sites for hydroxylation is 1. The lowest BCUT2D eigenvalue weighted by Crippen LogP contribution is -2.40. The van der Waals surface area contributed by atoms with Gasteiger partial charge in [0.15, 0.2) is 5.78 Å². The van der Waals surface area contributed by atoms with Gasteiger partial charge in [0.2, 0.25) is 0 Å². The summed E-state index contributed by atoms with van der Waals surface area (Å²) in [6.45, 7) is 5.98. The minimum Gasteiger partial charge on any atom is -0.496 e. The Morgan fingerprint density at radius 1 is 1.21 bits per heavy atom. The fourth-order valence-electron chi connectivity index (χ4n) is 2.43. The molecule has 0 bridgehead atoms. The first kappa shape index (κ1) is 15.7.